The summed E-state index contributed by atoms with van der Waals surface area (Å²) in [6.45, 7) is 4.14. The number of carbonyl (C=O) groups is 1. The maximum Gasteiger partial charge on any atom is 0.329 e. The highest BCUT2D eigenvalue weighted by atomic mass is 79.9. The van der Waals surface area contributed by atoms with Crippen LogP contribution in [0.5, 0.6) is 0 Å². The van der Waals surface area contributed by atoms with Crippen molar-refractivity contribution in [3.8, 4) is 0 Å². The zero-order valence-electron chi connectivity index (χ0n) is 7.09. The number of nitrogens with one attached hydrogen (secondary N) is 1. The van der Waals surface area contributed by atoms with E-state index in [2.05, 4.69) is 20.7 Å². The number of rotatable bonds is 4. The van der Waals surface area contributed by atoms with Crippen molar-refractivity contribution < 1.29 is 14.3 Å². The molecule has 1 unspecified atom stereocenters. The van der Waals surface area contributed by atoms with Crippen molar-refractivity contribution in [2.24, 2.45) is 0 Å². The highest BCUT2D eigenvalue weighted by Crippen LogP contribution is 2.05. The number of alkyl halides is 1. The Morgan fingerprint density at radius 3 is 2.33 bits per heavy atom. The number of carbonyl (C=O) groups excluding carboxylic acids is 1. The molecule has 0 radical (unpaired) electrons. The summed E-state index contributed by atoms with van der Waals surface area (Å²) >= 11 is 2.99. The lowest BCUT2D eigenvalue weighted by atomic mass is 10.4. The van der Waals surface area contributed by atoms with Crippen LogP contribution in [0.1, 0.15) is 13.8 Å². The van der Waals surface area contributed by atoms with E-state index in [0.717, 1.165) is 0 Å². The van der Waals surface area contributed by atoms with Gasteiger partial charge in [-0.1, -0.05) is 15.9 Å². The van der Waals surface area contributed by atoms with Crippen molar-refractivity contribution in [3.05, 3.63) is 0 Å². The highest BCUT2D eigenvalue weighted by molar-refractivity contribution is 9.10. The minimum atomic E-state index is -0.780. The molecule has 1 atom stereocenters. The molecule has 70 valence electrons. The van der Waals surface area contributed by atoms with Crippen molar-refractivity contribution >= 4 is 27.8 Å². The van der Waals surface area contributed by atoms with E-state index in [0.29, 0.717) is 13.2 Å². The van der Waals surface area contributed by atoms with Crippen molar-refractivity contribution in [3.63, 3.8) is 0 Å². The summed E-state index contributed by atoms with van der Waals surface area (Å²) in [6, 6.07) is 0. The molecule has 0 aliphatic carbocycles. The standard InChI is InChI=1S/C7H12BrNO3/c1-3-11-6(9)5(8)7(10)12-4-2/h5,9H,3-4H2,1-2H3. The second kappa shape index (κ2) is 5.99. The molecule has 4 nitrogen and oxygen atoms in total. The Morgan fingerprint density at radius 1 is 1.42 bits per heavy atom. The normalized spacial score (nSPS) is 11.9. The van der Waals surface area contributed by atoms with E-state index in [9.17, 15) is 4.79 Å². The lowest BCUT2D eigenvalue weighted by Crippen LogP contribution is -2.27. The lowest BCUT2D eigenvalue weighted by molar-refractivity contribution is -0.141. The van der Waals surface area contributed by atoms with Gasteiger partial charge < -0.3 is 9.47 Å². The number of hydrogen-bond donors (Lipinski definition) is 1. The van der Waals surface area contributed by atoms with Crippen molar-refractivity contribution in [2.75, 3.05) is 13.2 Å². The Balaban J connectivity index is 3.91. The maximum absolute atomic E-state index is 11.0. The summed E-state index contributed by atoms with van der Waals surface area (Å²) in [5, 5.41) is 7.23. The maximum atomic E-state index is 11.0. The summed E-state index contributed by atoms with van der Waals surface area (Å²) in [4.78, 5) is 10.2. The molecule has 0 aromatic carbocycles. The van der Waals surface area contributed by atoms with Crippen LogP contribution in [0.25, 0.3) is 0 Å². The van der Waals surface area contributed by atoms with E-state index in [4.69, 9.17) is 10.1 Å². The van der Waals surface area contributed by atoms with Crippen LogP contribution in [-0.2, 0) is 14.3 Å². The van der Waals surface area contributed by atoms with E-state index < -0.39 is 10.8 Å². The van der Waals surface area contributed by atoms with Crippen LogP contribution >= 0.6 is 15.9 Å². The van der Waals surface area contributed by atoms with Gasteiger partial charge in [0.1, 0.15) is 0 Å². The average Bonchev–Trinajstić information content (AvgIpc) is 2.04. The number of esters is 1. The third-order valence-corrected chi connectivity index (χ3v) is 1.81. The van der Waals surface area contributed by atoms with Gasteiger partial charge in [0, 0.05) is 0 Å². The molecular formula is C7H12BrNO3. The van der Waals surface area contributed by atoms with Gasteiger partial charge >= 0.3 is 5.97 Å². The summed E-state index contributed by atoms with van der Waals surface area (Å²) < 4.78 is 9.47. The van der Waals surface area contributed by atoms with Crippen molar-refractivity contribution in [1.29, 1.82) is 5.41 Å². The van der Waals surface area contributed by atoms with E-state index in [1.807, 2.05) is 0 Å². The van der Waals surface area contributed by atoms with Crippen molar-refractivity contribution in [1.82, 2.24) is 0 Å². The van der Waals surface area contributed by atoms with Gasteiger partial charge in [0.05, 0.1) is 13.2 Å². The van der Waals surface area contributed by atoms with Crippen LogP contribution in [0.15, 0.2) is 0 Å². The first-order valence-corrected chi connectivity index (χ1v) is 4.57. The molecule has 0 fully saturated rings. The van der Waals surface area contributed by atoms with Gasteiger partial charge in [-0.05, 0) is 13.8 Å². The molecule has 0 aromatic rings. The van der Waals surface area contributed by atoms with Gasteiger partial charge in [0.15, 0.2) is 4.83 Å². The Bertz CT molecular complexity index is 154. The fourth-order valence-corrected chi connectivity index (χ4v) is 0.815. The van der Waals surface area contributed by atoms with Gasteiger partial charge in [-0.25, -0.2) is 0 Å². The summed E-state index contributed by atoms with van der Waals surface area (Å²) in [7, 11) is 0. The molecule has 0 rings (SSSR count). The summed E-state index contributed by atoms with van der Waals surface area (Å²) in [5.74, 6) is -0.605. The molecule has 0 amide bonds. The number of halogens is 1. The van der Waals surface area contributed by atoms with Crippen LogP contribution in [0, 0.1) is 5.41 Å². The Hall–Kier alpha value is -0.580. The second-order valence-electron chi connectivity index (χ2n) is 1.91. The second-order valence-corrected chi connectivity index (χ2v) is 2.83. The fourth-order valence-electron chi connectivity index (χ4n) is 0.551. The highest BCUT2D eigenvalue weighted by Gasteiger charge is 2.22. The molecule has 0 spiro atoms. The van der Waals surface area contributed by atoms with E-state index in [-0.39, 0.29) is 5.90 Å². The number of hydrogen-bond acceptors (Lipinski definition) is 4. The monoisotopic (exact) mass is 237 g/mol. The minimum Gasteiger partial charge on any atom is -0.480 e. The van der Waals surface area contributed by atoms with E-state index in [1.54, 1.807) is 13.8 Å². The third kappa shape index (κ3) is 3.71. The third-order valence-electron chi connectivity index (χ3n) is 1.02. The molecule has 0 aliphatic heterocycles. The lowest BCUT2D eigenvalue weighted by Gasteiger charge is -2.09. The first kappa shape index (κ1) is 11.4. The molecule has 0 saturated carbocycles. The Kier molecular flexibility index (Phi) is 5.70. The van der Waals surface area contributed by atoms with Gasteiger partial charge in [-0.3, -0.25) is 10.2 Å². The molecule has 0 heterocycles. The smallest absolute Gasteiger partial charge is 0.329 e. The van der Waals surface area contributed by atoms with Crippen LogP contribution in [0.3, 0.4) is 0 Å². The van der Waals surface area contributed by atoms with Gasteiger partial charge in [-0.2, -0.15) is 0 Å². The largest absolute Gasteiger partial charge is 0.480 e. The van der Waals surface area contributed by atoms with Crippen molar-refractivity contribution in [2.45, 2.75) is 18.7 Å². The predicted octanol–water partition coefficient (Wildman–Crippen LogP) is 1.33. The number of ether oxygens (including phenoxy) is 2. The molecule has 0 aromatic heterocycles. The van der Waals surface area contributed by atoms with Gasteiger partial charge in [-0.15, -0.1) is 0 Å². The predicted molar refractivity (Wildman–Crippen MR) is 48.7 cm³/mol. The SMILES string of the molecule is CCOC(=N)C(Br)C(=O)OCC. The molecule has 0 bridgehead atoms. The summed E-state index contributed by atoms with van der Waals surface area (Å²) in [5.41, 5.74) is 0. The molecule has 12 heavy (non-hydrogen) atoms. The summed E-state index contributed by atoms with van der Waals surface area (Å²) in [6.07, 6.45) is 0. The zero-order chi connectivity index (χ0) is 9.56. The molecule has 0 aliphatic rings. The first-order valence-electron chi connectivity index (χ1n) is 3.65. The average molecular weight is 238 g/mol. The molecular weight excluding hydrogens is 226 g/mol. The zero-order valence-corrected chi connectivity index (χ0v) is 8.68. The topological polar surface area (TPSA) is 59.4 Å². The molecule has 1 N–H and O–H groups in total. The van der Waals surface area contributed by atoms with Crippen LogP contribution in [0.2, 0.25) is 0 Å². The van der Waals surface area contributed by atoms with E-state index in [1.165, 1.54) is 0 Å². The van der Waals surface area contributed by atoms with Gasteiger partial charge in [0.2, 0.25) is 5.90 Å². The van der Waals surface area contributed by atoms with Crippen LogP contribution < -0.4 is 0 Å². The Labute approximate surface area is 79.9 Å². The van der Waals surface area contributed by atoms with Crippen LogP contribution in [-0.4, -0.2) is 29.9 Å². The van der Waals surface area contributed by atoms with Crippen LogP contribution in [0.4, 0.5) is 0 Å². The van der Waals surface area contributed by atoms with Gasteiger partial charge in [0.25, 0.3) is 0 Å². The van der Waals surface area contributed by atoms with E-state index >= 15 is 0 Å². The Morgan fingerprint density at radius 2 is 1.92 bits per heavy atom. The first-order chi connectivity index (χ1) is 5.63. The quantitative estimate of drug-likeness (QED) is 0.348. The molecule has 0 saturated heterocycles. The molecule has 5 heteroatoms. The minimum absolute atomic E-state index is 0.115. The fraction of sp³-hybridized carbons (Fsp3) is 0.714.